The van der Waals surface area contributed by atoms with Crippen LogP contribution in [0.1, 0.15) is 0 Å². The van der Waals surface area contributed by atoms with Gasteiger partial charge in [0.1, 0.15) is 6.61 Å². The molecule has 0 fully saturated rings. The second-order valence-corrected chi connectivity index (χ2v) is 3.66. The summed E-state index contributed by atoms with van der Waals surface area (Å²) in [6.45, 7) is 1.21. The summed E-state index contributed by atoms with van der Waals surface area (Å²) in [5, 5.41) is 0. The lowest BCUT2D eigenvalue weighted by atomic mass is 10.5. The van der Waals surface area contributed by atoms with Gasteiger partial charge in [-0.1, -0.05) is 0 Å². The summed E-state index contributed by atoms with van der Waals surface area (Å²) in [5.74, 6) is -0.662. The molecule has 0 bridgehead atoms. The van der Waals surface area contributed by atoms with Gasteiger partial charge in [-0.05, 0) is 21.1 Å². The fourth-order valence-electron chi connectivity index (χ4n) is 0.964. The fraction of sp³-hybridized carbons (Fsp3) is 0.778. The summed E-state index contributed by atoms with van der Waals surface area (Å²) in [7, 11) is 5.32. The number of primary amides is 1. The zero-order valence-electron chi connectivity index (χ0n) is 9.52. The van der Waals surface area contributed by atoms with Gasteiger partial charge in [-0.2, -0.15) is 0 Å². The van der Waals surface area contributed by atoms with Crippen LogP contribution in [-0.2, 0) is 14.3 Å². The van der Waals surface area contributed by atoms with Gasteiger partial charge in [-0.15, -0.1) is 0 Å². The van der Waals surface area contributed by atoms with Gasteiger partial charge in [0.2, 0.25) is 5.91 Å². The van der Waals surface area contributed by atoms with E-state index in [0.29, 0.717) is 6.54 Å². The molecule has 0 unspecified atom stereocenters. The van der Waals surface area contributed by atoms with Gasteiger partial charge in [0, 0.05) is 6.54 Å². The van der Waals surface area contributed by atoms with Crippen molar-refractivity contribution in [1.29, 1.82) is 0 Å². The molecule has 0 saturated carbocycles. The molecule has 0 aliphatic rings. The Balaban J connectivity index is 3.52. The third kappa shape index (κ3) is 9.17. The van der Waals surface area contributed by atoms with Gasteiger partial charge in [0.25, 0.3) is 0 Å². The molecular formula is C9H19N3O3. The summed E-state index contributed by atoms with van der Waals surface area (Å²) in [6, 6.07) is 0. The number of nitrogens with two attached hydrogens (primary N) is 1. The van der Waals surface area contributed by atoms with Crippen LogP contribution in [0.3, 0.4) is 0 Å². The Bertz CT molecular complexity index is 219. The van der Waals surface area contributed by atoms with Crippen LogP contribution in [-0.4, -0.2) is 69.1 Å². The lowest BCUT2D eigenvalue weighted by Crippen LogP contribution is -2.34. The van der Waals surface area contributed by atoms with Crippen LogP contribution >= 0.6 is 0 Å². The van der Waals surface area contributed by atoms with E-state index >= 15 is 0 Å². The summed E-state index contributed by atoms with van der Waals surface area (Å²) in [4.78, 5) is 25.0. The Morgan fingerprint density at radius 2 is 1.80 bits per heavy atom. The van der Waals surface area contributed by atoms with Crippen molar-refractivity contribution < 1.29 is 14.3 Å². The van der Waals surface area contributed by atoms with E-state index in [1.807, 2.05) is 0 Å². The minimum absolute atomic E-state index is 0.172. The minimum Gasteiger partial charge on any atom is -0.463 e. The van der Waals surface area contributed by atoms with Crippen molar-refractivity contribution in [2.24, 2.45) is 5.73 Å². The van der Waals surface area contributed by atoms with Crippen LogP contribution in [0.5, 0.6) is 0 Å². The average Bonchev–Trinajstić information content (AvgIpc) is 2.00. The molecule has 0 rings (SSSR count). The number of amides is 1. The first-order valence-corrected chi connectivity index (χ1v) is 4.69. The fourth-order valence-corrected chi connectivity index (χ4v) is 0.964. The highest BCUT2D eigenvalue weighted by atomic mass is 16.5. The number of nitrogens with zero attached hydrogens (tertiary/aromatic N) is 2. The topological polar surface area (TPSA) is 75.9 Å². The smallest absolute Gasteiger partial charge is 0.320 e. The van der Waals surface area contributed by atoms with Gasteiger partial charge in [0.15, 0.2) is 0 Å². The predicted molar refractivity (Wildman–Crippen MR) is 56.2 cm³/mol. The van der Waals surface area contributed by atoms with Crippen molar-refractivity contribution in [3.05, 3.63) is 0 Å². The molecule has 0 saturated heterocycles. The van der Waals surface area contributed by atoms with E-state index in [0.717, 1.165) is 0 Å². The van der Waals surface area contributed by atoms with Crippen molar-refractivity contribution in [3.63, 3.8) is 0 Å². The zero-order chi connectivity index (χ0) is 11.8. The van der Waals surface area contributed by atoms with E-state index in [4.69, 9.17) is 10.5 Å². The molecule has 0 aliphatic heterocycles. The van der Waals surface area contributed by atoms with E-state index in [2.05, 4.69) is 0 Å². The Hall–Kier alpha value is -1.14. The molecule has 2 N–H and O–H groups in total. The summed E-state index contributed by atoms with van der Waals surface area (Å²) in [5.41, 5.74) is 5.00. The quantitative estimate of drug-likeness (QED) is 0.526. The third-order valence-corrected chi connectivity index (χ3v) is 1.61. The maximum atomic E-state index is 11.1. The first-order valence-electron chi connectivity index (χ1n) is 4.69. The minimum atomic E-state index is -0.392. The van der Waals surface area contributed by atoms with Crippen LogP contribution in [0.4, 0.5) is 0 Å². The Labute approximate surface area is 90.0 Å². The Morgan fingerprint density at radius 3 is 2.27 bits per heavy atom. The molecule has 0 aromatic rings. The summed E-state index contributed by atoms with van der Waals surface area (Å²) < 4.78 is 4.93. The number of hydrogen-bond acceptors (Lipinski definition) is 5. The highest BCUT2D eigenvalue weighted by molar-refractivity contribution is 5.75. The number of esters is 1. The van der Waals surface area contributed by atoms with Crippen molar-refractivity contribution in [2.75, 3.05) is 47.4 Å². The monoisotopic (exact) mass is 217 g/mol. The highest BCUT2D eigenvalue weighted by Crippen LogP contribution is 1.85. The van der Waals surface area contributed by atoms with Crippen LogP contribution in [0.2, 0.25) is 0 Å². The average molecular weight is 217 g/mol. The maximum Gasteiger partial charge on any atom is 0.320 e. The second-order valence-electron chi connectivity index (χ2n) is 3.66. The molecule has 6 nitrogen and oxygen atoms in total. The number of rotatable bonds is 7. The van der Waals surface area contributed by atoms with Crippen molar-refractivity contribution in [1.82, 2.24) is 9.80 Å². The first kappa shape index (κ1) is 13.9. The molecule has 0 aliphatic carbocycles. The van der Waals surface area contributed by atoms with Crippen LogP contribution in [0.25, 0.3) is 0 Å². The van der Waals surface area contributed by atoms with Gasteiger partial charge >= 0.3 is 5.97 Å². The zero-order valence-corrected chi connectivity index (χ0v) is 9.52. The van der Waals surface area contributed by atoms with Crippen LogP contribution < -0.4 is 5.73 Å². The SMILES string of the molecule is CN(C)CC(=O)OCCN(C)CC(N)=O. The van der Waals surface area contributed by atoms with E-state index in [9.17, 15) is 9.59 Å². The standard InChI is InChI=1S/C9H19N3O3/c1-11(2)7-9(14)15-5-4-12(3)6-8(10)13/h4-7H2,1-3H3,(H2,10,13). The molecule has 0 radical (unpaired) electrons. The first-order chi connectivity index (χ1) is 6.91. The van der Waals surface area contributed by atoms with Crippen LogP contribution in [0.15, 0.2) is 0 Å². The largest absolute Gasteiger partial charge is 0.463 e. The predicted octanol–water partition coefficient (Wildman–Crippen LogP) is -1.49. The number of hydrogen-bond donors (Lipinski definition) is 1. The second kappa shape index (κ2) is 7.19. The molecule has 15 heavy (non-hydrogen) atoms. The van der Waals surface area contributed by atoms with Gasteiger partial charge in [0.05, 0.1) is 13.1 Å². The molecule has 0 atom stereocenters. The Morgan fingerprint density at radius 1 is 1.20 bits per heavy atom. The van der Waals surface area contributed by atoms with E-state index in [1.165, 1.54) is 0 Å². The lowest BCUT2D eigenvalue weighted by Gasteiger charge is -2.15. The number of carbonyl (C=O) groups is 2. The van der Waals surface area contributed by atoms with Crippen LogP contribution in [0, 0.1) is 0 Å². The highest BCUT2D eigenvalue weighted by Gasteiger charge is 2.06. The lowest BCUT2D eigenvalue weighted by molar-refractivity contribution is -0.144. The molecule has 0 aromatic carbocycles. The third-order valence-electron chi connectivity index (χ3n) is 1.61. The van der Waals surface area contributed by atoms with Crippen molar-refractivity contribution >= 4 is 11.9 Å². The molecule has 0 heterocycles. The van der Waals surface area contributed by atoms with Crippen molar-refractivity contribution in [2.45, 2.75) is 0 Å². The van der Waals surface area contributed by atoms with E-state index in [1.54, 1.807) is 30.9 Å². The van der Waals surface area contributed by atoms with Gasteiger partial charge < -0.3 is 10.5 Å². The summed E-state index contributed by atoms with van der Waals surface area (Å²) in [6.07, 6.45) is 0. The van der Waals surface area contributed by atoms with Crippen molar-refractivity contribution in [3.8, 4) is 0 Å². The van der Waals surface area contributed by atoms with Gasteiger partial charge in [-0.25, -0.2) is 0 Å². The maximum absolute atomic E-state index is 11.1. The number of likely N-dealkylation sites (N-methyl/N-ethyl adjacent to an activating group) is 2. The van der Waals surface area contributed by atoms with Gasteiger partial charge in [-0.3, -0.25) is 19.4 Å². The molecule has 0 spiro atoms. The molecule has 6 heteroatoms. The molecule has 1 amide bonds. The summed E-state index contributed by atoms with van der Waals surface area (Å²) >= 11 is 0. The molecular weight excluding hydrogens is 198 g/mol. The number of ether oxygens (including phenoxy) is 1. The van der Waals surface area contributed by atoms with E-state index < -0.39 is 5.91 Å². The molecule has 88 valence electrons. The normalized spacial score (nSPS) is 10.7. The number of carbonyl (C=O) groups excluding carboxylic acids is 2. The van der Waals surface area contributed by atoms with E-state index in [-0.39, 0.29) is 25.7 Å². The Kier molecular flexibility index (Phi) is 6.64. The molecule has 0 aromatic heterocycles.